The summed E-state index contributed by atoms with van der Waals surface area (Å²) < 4.78 is 41.2. The number of rotatable bonds is 8. The molecular weight excluding hydrogens is 360 g/mol. The van der Waals surface area contributed by atoms with Crippen LogP contribution in [0, 0.1) is 0 Å². The van der Waals surface area contributed by atoms with Crippen LogP contribution in [0.3, 0.4) is 0 Å². The van der Waals surface area contributed by atoms with Gasteiger partial charge in [-0.2, -0.15) is 8.42 Å². The minimum absolute atomic E-state index is 0.0673. The molecule has 0 spiro atoms. The number of methoxy groups -OCH3 is 1. The van der Waals surface area contributed by atoms with Crippen molar-refractivity contribution in [2.45, 2.75) is 12.3 Å². The summed E-state index contributed by atoms with van der Waals surface area (Å²) in [6.07, 6.45) is 8.39. The molecule has 0 bridgehead atoms. The highest BCUT2D eigenvalue weighted by Crippen LogP contribution is 2.45. The van der Waals surface area contributed by atoms with Crippen LogP contribution in [0.1, 0.15) is 29.0 Å². The molecule has 142 valence electrons. The molecule has 7 nitrogen and oxygen atoms in total. The molecule has 0 aliphatic carbocycles. The van der Waals surface area contributed by atoms with Crippen molar-refractivity contribution in [2.24, 2.45) is 0 Å². The van der Waals surface area contributed by atoms with Gasteiger partial charge in [0.25, 0.3) is 10.1 Å². The Morgan fingerprint density at radius 3 is 2.65 bits per heavy atom. The van der Waals surface area contributed by atoms with Crippen LogP contribution in [0.5, 0.6) is 11.5 Å². The number of aliphatic hydroxyl groups excluding tert-OH is 2. The maximum absolute atomic E-state index is 10.7. The molecular formula is C18H22O7S. The molecule has 1 heterocycles. The molecule has 1 atom stereocenters. The maximum atomic E-state index is 10.7. The Kier molecular flexibility index (Phi) is 6.98. The highest BCUT2D eigenvalue weighted by molar-refractivity contribution is 7.88. The summed E-state index contributed by atoms with van der Waals surface area (Å²) in [5, 5.41) is 19.4. The molecule has 8 heteroatoms. The van der Waals surface area contributed by atoms with Crippen molar-refractivity contribution in [3.05, 3.63) is 46.4 Å². The van der Waals surface area contributed by atoms with Crippen LogP contribution >= 0.6 is 0 Å². The lowest BCUT2D eigenvalue weighted by atomic mass is 9.94. The van der Waals surface area contributed by atoms with Crippen LogP contribution in [0.25, 0.3) is 12.2 Å². The normalized spacial score (nSPS) is 17.3. The highest BCUT2D eigenvalue weighted by atomic mass is 32.2. The third-order valence-corrected chi connectivity index (χ3v) is 4.39. The van der Waals surface area contributed by atoms with Gasteiger partial charge in [-0.1, -0.05) is 30.4 Å². The summed E-state index contributed by atoms with van der Waals surface area (Å²) in [6.45, 7) is 0.151. The van der Waals surface area contributed by atoms with E-state index in [1.165, 1.54) is 13.2 Å². The van der Waals surface area contributed by atoms with Crippen LogP contribution in [-0.2, 0) is 10.1 Å². The van der Waals surface area contributed by atoms with Crippen molar-refractivity contribution in [1.82, 2.24) is 0 Å². The first kappa shape index (κ1) is 20.2. The Morgan fingerprint density at radius 1 is 1.27 bits per heavy atom. The highest BCUT2D eigenvalue weighted by Gasteiger charge is 2.30. The quantitative estimate of drug-likeness (QED) is 0.589. The third kappa shape index (κ3) is 4.95. The molecule has 0 unspecified atom stereocenters. The first-order chi connectivity index (χ1) is 12.4. The molecule has 0 saturated carbocycles. The molecule has 0 radical (unpaired) electrons. The van der Waals surface area contributed by atoms with Crippen LogP contribution in [0.4, 0.5) is 0 Å². The molecule has 1 aromatic carbocycles. The largest absolute Gasteiger partial charge is 0.496 e. The summed E-state index contributed by atoms with van der Waals surface area (Å²) in [4.78, 5) is 0. The number of fused-ring (bicyclic) bond motifs is 1. The zero-order valence-corrected chi connectivity index (χ0v) is 15.1. The van der Waals surface area contributed by atoms with Crippen molar-refractivity contribution in [1.29, 1.82) is 0 Å². The lowest BCUT2D eigenvalue weighted by Crippen LogP contribution is -2.06. The fourth-order valence-corrected chi connectivity index (χ4v) is 3.11. The van der Waals surface area contributed by atoms with Gasteiger partial charge in [-0.05, 0) is 18.1 Å². The predicted octanol–water partition coefficient (Wildman–Crippen LogP) is 1.97. The lowest BCUT2D eigenvalue weighted by molar-refractivity contribution is 0.230. The van der Waals surface area contributed by atoms with Gasteiger partial charge >= 0.3 is 0 Å². The van der Waals surface area contributed by atoms with Gasteiger partial charge in [-0.15, -0.1) is 0 Å². The van der Waals surface area contributed by atoms with Crippen molar-refractivity contribution < 1.29 is 32.7 Å². The minimum atomic E-state index is -4.13. The first-order valence-corrected chi connectivity index (χ1v) is 9.48. The molecule has 0 aromatic heterocycles. The van der Waals surface area contributed by atoms with E-state index in [-0.39, 0.29) is 19.1 Å². The Morgan fingerprint density at radius 2 is 2.04 bits per heavy atom. The molecule has 0 amide bonds. The van der Waals surface area contributed by atoms with Gasteiger partial charge in [0.1, 0.15) is 11.5 Å². The fourth-order valence-electron chi connectivity index (χ4n) is 2.76. The Labute approximate surface area is 152 Å². The van der Waals surface area contributed by atoms with Gasteiger partial charge in [0, 0.05) is 17.0 Å². The maximum Gasteiger partial charge on any atom is 0.287 e. The molecule has 1 aliphatic rings. The van der Waals surface area contributed by atoms with E-state index in [4.69, 9.17) is 19.1 Å². The number of hydrogen-bond acceptors (Lipinski definition) is 6. The minimum Gasteiger partial charge on any atom is -0.496 e. The molecule has 1 aromatic rings. The van der Waals surface area contributed by atoms with E-state index < -0.39 is 10.1 Å². The van der Waals surface area contributed by atoms with Crippen LogP contribution in [-0.4, -0.2) is 50.1 Å². The summed E-state index contributed by atoms with van der Waals surface area (Å²) in [5.41, 5.74) is 2.26. The second-order valence-electron chi connectivity index (χ2n) is 5.62. The average molecular weight is 382 g/mol. The molecule has 0 fully saturated rings. The van der Waals surface area contributed by atoms with Crippen LogP contribution < -0.4 is 9.47 Å². The smallest absolute Gasteiger partial charge is 0.287 e. The fraction of sp³-hybridized carbons (Fsp3) is 0.333. The van der Waals surface area contributed by atoms with Crippen molar-refractivity contribution in [3.63, 3.8) is 0 Å². The zero-order valence-electron chi connectivity index (χ0n) is 14.3. The summed E-state index contributed by atoms with van der Waals surface area (Å²) in [7, 11) is -2.61. The number of benzene rings is 1. The number of aliphatic hydroxyl groups is 2. The second kappa shape index (κ2) is 9.00. The average Bonchev–Trinajstić information content (AvgIpc) is 3.00. The predicted molar refractivity (Wildman–Crippen MR) is 98.8 cm³/mol. The lowest BCUT2D eigenvalue weighted by Gasteiger charge is -2.15. The summed E-state index contributed by atoms with van der Waals surface area (Å²) >= 11 is 0. The number of allylic oxidation sites excluding steroid dienone is 2. The number of hydrogen-bond donors (Lipinski definition) is 3. The Bertz CT molecular complexity index is 822. The SMILES string of the molecule is COc1c(/C=C/CO)c(/C=C/C/C=C/S(=O)(=O)O)cc2c1[C@@H](CO)CO2. The third-order valence-electron chi connectivity index (χ3n) is 3.85. The monoisotopic (exact) mass is 382 g/mol. The second-order valence-corrected chi connectivity index (χ2v) is 6.93. The van der Waals surface area contributed by atoms with Gasteiger partial charge in [-0.3, -0.25) is 4.55 Å². The molecule has 2 rings (SSSR count). The molecule has 0 saturated heterocycles. The van der Waals surface area contributed by atoms with Crippen molar-refractivity contribution in [3.8, 4) is 11.5 Å². The van der Waals surface area contributed by atoms with E-state index in [1.54, 1.807) is 24.3 Å². The van der Waals surface area contributed by atoms with E-state index >= 15 is 0 Å². The van der Waals surface area contributed by atoms with Crippen LogP contribution in [0.2, 0.25) is 0 Å². The van der Waals surface area contributed by atoms with Gasteiger partial charge in [0.05, 0.1) is 32.3 Å². The molecule has 26 heavy (non-hydrogen) atoms. The Balaban J connectivity index is 2.42. The summed E-state index contributed by atoms with van der Waals surface area (Å²) in [5.74, 6) is 1.00. The van der Waals surface area contributed by atoms with Gasteiger partial charge in [-0.25, -0.2) is 0 Å². The van der Waals surface area contributed by atoms with Crippen molar-refractivity contribution in [2.75, 3.05) is 26.9 Å². The van der Waals surface area contributed by atoms with Gasteiger partial charge < -0.3 is 19.7 Å². The number of ether oxygens (including phenoxy) is 2. The first-order valence-electron chi connectivity index (χ1n) is 7.97. The standard InChI is InChI=1S/C18H22O7S/c1-24-18-15(7-5-8-19)13(6-3-2-4-9-26(21,22)23)10-16-17(18)14(11-20)12-25-16/h3-7,9-10,14,19-20H,2,8,11-12H2,1H3,(H,21,22,23)/b6-3+,7-5+,9-4+/t14-/m0/s1. The van der Waals surface area contributed by atoms with E-state index in [0.717, 1.165) is 22.1 Å². The summed E-state index contributed by atoms with van der Waals surface area (Å²) in [6, 6.07) is 1.81. The van der Waals surface area contributed by atoms with Crippen molar-refractivity contribution >= 4 is 22.3 Å². The van der Waals surface area contributed by atoms with E-state index in [2.05, 4.69) is 0 Å². The Hall–Kier alpha value is -2.13. The molecule has 1 aliphatic heterocycles. The molecule has 3 N–H and O–H groups in total. The van der Waals surface area contributed by atoms with Gasteiger partial charge in [0.2, 0.25) is 0 Å². The van der Waals surface area contributed by atoms with E-state index in [0.29, 0.717) is 24.5 Å². The zero-order chi connectivity index (χ0) is 19.2. The van der Waals surface area contributed by atoms with E-state index in [9.17, 15) is 13.5 Å². The van der Waals surface area contributed by atoms with Crippen LogP contribution in [0.15, 0.2) is 29.7 Å². The van der Waals surface area contributed by atoms with E-state index in [1.807, 2.05) is 6.07 Å². The topological polar surface area (TPSA) is 113 Å². The van der Waals surface area contributed by atoms with Gasteiger partial charge in [0.15, 0.2) is 0 Å².